The third-order valence-electron chi connectivity index (χ3n) is 5.06. The summed E-state index contributed by atoms with van der Waals surface area (Å²) in [5.74, 6) is -0.304. The van der Waals surface area contributed by atoms with Crippen LogP contribution in [0.25, 0.3) is 22.4 Å². The molecule has 0 atom stereocenters. The number of hydrogen-bond donors (Lipinski definition) is 2. The fraction of sp³-hybridized carbons (Fsp3) is 0.227. The van der Waals surface area contributed by atoms with E-state index >= 15 is 0 Å². The number of ether oxygens (including phenoxy) is 1. The number of aromatic nitrogens is 2. The predicted octanol–water partition coefficient (Wildman–Crippen LogP) is 2.68. The summed E-state index contributed by atoms with van der Waals surface area (Å²) in [6.07, 6.45) is 0.149. The maximum atomic E-state index is 12.6. The SMILES string of the molecule is COC(=O)CCn1c(C)c(-c2ccc(-c3ccc(C(=N)N)cc3)cc2)n(C)c1=O. The minimum atomic E-state index is -0.346. The summed E-state index contributed by atoms with van der Waals surface area (Å²) in [6.45, 7) is 2.16. The molecule has 0 unspecified atom stereocenters. The molecule has 0 saturated carbocycles. The summed E-state index contributed by atoms with van der Waals surface area (Å²) in [6, 6.07) is 15.4. The summed E-state index contributed by atoms with van der Waals surface area (Å²) in [5.41, 5.74) is 10.6. The lowest BCUT2D eigenvalue weighted by Gasteiger charge is -2.08. The molecule has 0 amide bonds. The molecule has 3 aromatic rings. The van der Waals surface area contributed by atoms with Crippen molar-refractivity contribution in [3.63, 3.8) is 0 Å². The maximum absolute atomic E-state index is 12.6. The number of carbonyl (C=O) groups is 1. The van der Waals surface area contributed by atoms with Crippen molar-refractivity contribution in [3.8, 4) is 22.4 Å². The number of nitrogen functional groups attached to an aromatic ring is 1. The van der Waals surface area contributed by atoms with Crippen molar-refractivity contribution in [2.45, 2.75) is 19.9 Å². The third-order valence-corrected chi connectivity index (χ3v) is 5.06. The van der Waals surface area contributed by atoms with Crippen LogP contribution in [-0.4, -0.2) is 28.0 Å². The highest BCUT2D eigenvalue weighted by Gasteiger charge is 2.17. The van der Waals surface area contributed by atoms with E-state index < -0.39 is 0 Å². The normalized spacial score (nSPS) is 10.7. The number of nitrogens with two attached hydrogens (primary N) is 1. The van der Waals surface area contributed by atoms with Crippen molar-refractivity contribution in [1.82, 2.24) is 9.13 Å². The van der Waals surface area contributed by atoms with Gasteiger partial charge < -0.3 is 10.5 Å². The Morgan fingerprint density at radius 3 is 2.07 bits per heavy atom. The Morgan fingerprint density at radius 2 is 1.55 bits per heavy atom. The Bertz CT molecular complexity index is 1110. The van der Waals surface area contributed by atoms with E-state index in [1.54, 1.807) is 16.2 Å². The molecule has 0 bridgehead atoms. The van der Waals surface area contributed by atoms with Gasteiger partial charge in [0.2, 0.25) is 0 Å². The highest BCUT2D eigenvalue weighted by Crippen LogP contribution is 2.26. The maximum Gasteiger partial charge on any atom is 0.328 e. The lowest BCUT2D eigenvalue weighted by atomic mass is 10.0. The summed E-state index contributed by atoms with van der Waals surface area (Å²) in [7, 11) is 3.07. The first-order chi connectivity index (χ1) is 13.8. The van der Waals surface area contributed by atoms with Gasteiger partial charge in [-0.25, -0.2) is 4.79 Å². The number of hydrogen-bond acceptors (Lipinski definition) is 4. The van der Waals surface area contributed by atoms with Gasteiger partial charge in [-0.2, -0.15) is 0 Å². The Hall–Kier alpha value is -3.61. The van der Waals surface area contributed by atoms with Gasteiger partial charge in [-0.05, 0) is 18.1 Å². The number of carbonyl (C=O) groups excluding carboxylic acids is 1. The van der Waals surface area contributed by atoms with Crippen LogP contribution in [0.2, 0.25) is 0 Å². The molecule has 2 aromatic carbocycles. The van der Waals surface area contributed by atoms with Crippen molar-refractivity contribution < 1.29 is 9.53 Å². The average Bonchev–Trinajstić information content (AvgIpc) is 2.94. The summed E-state index contributed by atoms with van der Waals surface area (Å²) < 4.78 is 7.87. The molecule has 7 nitrogen and oxygen atoms in total. The topological polar surface area (TPSA) is 103 Å². The molecule has 0 fully saturated rings. The van der Waals surface area contributed by atoms with Crippen LogP contribution in [0.5, 0.6) is 0 Å². The number of nitrogens with one attached hydrogen (secondary N) is 1. The first-order valence-corrected chi connectivity index (χ1v) is 9.21. The second-order valence-electron chi connectivity index (χ2n) is 6.82. The van der Waals surface area contributed by atoms with E-state index in [4.69, 9.17) is 11.1 Å². The van der Waals surface area contributed by atoms with Crippen LogP contribution >= 0.6 is 0 Å². The van der Waals surface area contributed by atoms with Gasteiger partial charge in [0.1, 0.15) is 5.84 Å². The molecular formula is C22H24N4O3. The van der Waals surface area contributed by atoms with Gasteiger partial charge in [0.15, 0.2) is 0 Å². The van der Waals surface area contributed by atoms with Crippen molar-refractivity contribution in [2.24, 2.45) is 12.8 Å². The number of esters is 1. The fourth-order valence-corrected chi connectivity index (χ4v) is 3.42. The molecule has 0 radical (unpaired) electrons. The first kappa shape index (κ1) is 20.1. The number of amidine groups is 1. The molecular weight excluding hydrogens is 368 g/mol. The van der Waals surface area contributed by atoms with Crippen LogP contribution in [0, 0.1) is 12.3 Å². The van der Waals surface area contributed by atoms with E-state index in [0.717, 1.165) is 28.1 Å². The largest absolute Gasteiger partial charge is 0.469 e. The Labute approximate surface area is 168 Å². The number of imidazole rings is 1. The van der Waals surface area contributed by atoms with E-state index in [9.17, 15) is 9.59 Å². The van der Waals surface area contributed by atoms with Gasteiger partial charge in [-0.3, -0.25) is 19.3 Å². The van der Waals surface area contributed by atoms with Crippen molar-refractivity contribution >= 4 is 11.8 Å². The zero-order valence-electron chi connectivity index (χ0n) is 16.7. The second kappa shape index (κ2) is 8.18. The van der Waals surface area contributed by atoms with Gasteiger partial charge in [-0.15, -0.1) is 0 Å². The quantitative estimate of drug-likeness (QED) is 0.382. The molecule has 0 aliphatic heterocycles. The highest BCUT2D eigenvalue weighted by molar-refractivity contribution is 5.95. The van der Waals surface area contributed by atoms with E-state index in [2.05, 4.69) is 4.74 Å². The highest BCUT2D eigenvalue weighted by atomic mass is 16.5. The molecule has 29 heavy (non-hydrogen) atoms. The van der Waals surface area contributed by atoms with Crippen LogP contribution in [0.3, 0.4) is 0 Å². The molecule has 1 heterocycles. The van der Waals surface area contributed by atoms with E-state index in [1.807, 2.05) is 55.5 Å². The predicted molar refractivity (Wildman–Crippen MR) is 113 cm³/mol. The molecule has 7 heteroatoms. The Kier molecular flexibility index (Phi) is 5.68. The number of benzene rings is 2. The van der Waals surface area contributed by atoms with E-state index in [1.165, 1.54) is 7.11 Å². The molecule has 150 valence electrons. The standard InChI is InChI=1S/C22H24N4O3/c1-14-20(25(2)22(28)26(14)13-12-19(27)29-3)17-8-4-15(5-9-17)16-6-10-18(11-7-16)21(23)24/h4-11H,12-13H2,1-3H3,(H3,23,24). The van der Waals surface area contributed by atoms with Crippen LogP contribution in [0.15, 0.2) is 53.3 Å². The minimum Gasteiger partial charge on any atom is -0.469 e. The molecule has 0 aliphatic rings. The summed E-state index contributed by atoms with van der Waals surface area (Å²) in [4.78, 5) is 24.0. The van der Waals surface area contributed by atoms with Crippen LogP contribution in [0.1, 0.15) is 17.7 Å². The van der Waals surface area contributed by atoms with Crippen molar-refractivity contribution in [3.05, 3.63) is 70.3 Å². The van der Waals surface area contributed by atoms with Crippen LogP contribution < -0.4 is 11.4 Å². The molecule has 0 aliphatic carbocycles. The van der Waals surface area contributed by atoms with E-state index in [-0.39, 0.29) is 30.5 Å². The monoisotopic (exact) mass is 392 g/mol. The summed E-state index contributed by atoms with van der Waals surface area (Å²) >= 11 is 0. The van der Waals surface area contributed by atoms with Crippen molar-refractivity contribution in [1.29, 1.82) is 5.41 Å². The Morgan fingerprint density at radius 1 is 1.03 bits per heavy atom. The molecule has 3 rings (SSSR count). The number of rotatable bonds is 6. The molecule has 1 aromatic heterocycles. The van der Waals surface area contributed by atoms with Gasteiger partial charge in [0, 0.05) is 30.4 Å². The number of nitrogens with zero attached hydrogens (tertiary/aromatic N) is 2. The molecule has 0 spiro atoms. The lowest BCUT2D eigenvalue weighted by molar-refractivity contribution is -0.140. The van der Waals surface area contributed by atoms with Gasteiger partial charge in [0.05, 0.1) is 19.2 Å². The zero-order chi connectivity index (χ0) is 21.1. The minimum absolute atomic E-state index is 0.0417. The second-order valence-corrected chi connectivity index (χ2v) is 6.82. The van der Waals surface area contributed by atoms with Crippen molar-refractivity contribution in [2.75, 3.05) is 7.11 Å². The molecule has 0 saturated heterocycles. The van der Waals surface area contributed by atoms with Crippen LogP contribution in [-0.2, 0) is 23.1 Å². The van der Waals surface area contributed by atoms with Gasteiger partial charge >= 0.3 is 11.7 Å². The zero-order valence-corrected chi connectivity index (χ0v) is 16.7. The smallest absolute Gasteiger partial charge is 0.328 e. The lowest BCUT2D eigenvalue weighted by Crippen LogP contribution is -2.24. The summed E-state index contributed by atoms with van der Waals surface area (Å²) in [5, 5.41) is 7.48. The molecule has 3 N–H and O–H groups in total. The first-order valence-electron chi connectivity index (χ1n) is 9.21. The van der Waals surface area contributed by atoms with Crippen LogP contribution in [0.4, 0.5) is 0 Å². The number of methoxy groups -OCH3 is 1. The average molecular weight is 392 g/mol. The Balaban J connectivity index is 1.91. The fourth-order valence-electron chi connectivity index (χ4n) is 3.42. The van der Waals surface area contributed by atoms with Gasteiger partial charge in [0.25, 0.3) is 0 Å². The van der Waals surface area contributed by atoms with Gasteiger partial charge in [-0.1, -0.05) is 48.5 Å². The van der Waals surface area contributed by atoms with E-state index in [0.29, 0.717) is 5.56 Å². The third kappa shape index (κ3) is 3.99.